The van der Waals surface area contributed by atoms with Crippen LogP contribution in [0, 0.1) is 0 Å². The SMILES string of the molecule is CCOC(=O)c1nc2ccccc2n([C@@H](C)C[C@@H]2CCCN2C2/C=C\CCCCC2)c1=O. The number of hydrogen-bond acceptors (Lipinski definition) is 5. The molecule has 0 N–H and O–H groups in total. The van der Waals surface area contributed by atoms with Crippen LogP contribution in [-0.4, -0.2) is 45.7 Å². The number of ether oxygens (including phenoxy) is 1. The smallest absolute Gasteiger partial charge is 0.362 e. The average molecular weight is 438 g/mol. The molecule has 0 radical (unpaired) electrons. The van der Waals surface area contributed by atoms with Crippen LogP contribution >= 0.6 is 0 Å². The zero-order chi connectivity index (χ0) is 22.5. The van der Waals surface area contributed by atoms with Crippen molar-refractivity contribution in [2.75, 3.05) is 13.2 Å². The van der Waals surface area contributed by atoms with E-state index in [2.05, 4.69) is 29.0 Å². The molecular weight excluding hydrogens is 402 g/mol. The van der Waals surface area contributed by atoms with Crippen molar-refractivity contribution in [3.63, 3.8) is 0 Å². The number of allylic oxidation sites excluding steroid dienone is 1. The normalized spacial score (nSPS) is 24.1. The molecule has 32 heavy (non-hydrogen) atoms. The maximum absolute atomic E-state index is 13.4. The summed E-state index contributed by atoms with van der Waals surface area (Å²) in [5.41, 5.74) is 0.940. The highest BCUT2D eigenvalue weighted by Crippen LogP contribution is 2.31. The third-order valence-electron chi connectivity index (χ3n) is 6.90. The Bertz CT molecular complexity index is 1030. The van der Waals surface area contributed by atoms with Gasteiger partial charge in [0, 0.05) is 18.1 Å². The molecular formula is C26H35N3O3. The van der Waals surface area contributed by atoms with Crippen LogP contribution in [0.2, 0.25) is 0 Å². The van der Waals surface area contributed by atoms with Gasteiger partial charge in [-0.2, -0.15) is 0 Å². The van der Waals surface area contributed by atoms with Gasteiger partial charge in [0.2, 0.25) is 5.69 Å². The summed E-state index contributed by atoms with van der Waals surface area (Å²) in [4.78, 5) is 32.8. The van der Waals surface area contributed by atoms with Crippen LogP contribution in [0.4, 0.5) is 0 Å². The van der Waals surface area contributed by atoms with Crippen LogP contribution in [0.5, 0.6) is 0 Å². The van der Waals surface area contributed by atoms with Crippen LogP contribution < -0.4 is 5.56 Å². The average Bonchev–Trinajstić information content (AvgIpc) is 3.21. The van der Waals surface area contributed by atoms with E-state index in [1.165, 1.54) is 38.5 Å². The lowest BCUT2D eigenvalue weighted by atomic mass is 9.98. The van der Waals surface area contributed by atoms with Gasteiger partial charge in [-0.05, 0) is 71.0 Å². The van der Waals surface area contributed by atoms with E-state index in [4.69, 9.17) is 4.74 Å². The first kappa shape index (κ1) is 22.7. The van der Waals surface area contributed by atoms with Crippen LogP contribution in [0.15, 0.2) is 41.2 Å². The van der Waals surface area contributed by atoms with Gasteiger partial charge in [0.15, 0.2) is 0 Å². The Hall–Kier alpha value is -2.47. The largest absolute Gasteiger partial charge is 0.461 e. The van der Waals surface area contributed by atoms with E-state index in [1.807, 2.05) is 24.3 Å². The van der Waals surface area contributed by atoms with E-state index >= 15 is 0 Å². The molecule has 1 fully saturated rings. The Labute approximate surface area is 190 Å². The topological polar surface area (TPSA) is 64.4 Å². The number of esters is 1. The lowest BCUT2D eigenvalue weighted by Gasteiger charge is -2.34. The number of fused-ring (bicyclic) bond motifs is 1. The highest BCUT2D eigenvalue weighted by molar-refractivity contribution is 5.89. The van der Waals surface area contributed by atoms with Crippen molar-refractivity contribution in [1.29, 1.82) is 0 Å². The van der Waals surface area contributed by atoms with Gasteiger partial charge in [0.05, 0.1) is 17.6 Å². The molecule has 1 aliphatic carbocycles. The van der Waals surface area contributed by atoms with E-state index in [-0.39, 0.29) is 23.9 Å². The third kappa shape index (κ3) is 4.80. The third-order valence-corrected chi connectivity index (χ3v) is 6.90. The molecule has 1 aromatic carbocycles. The number of carbonyl (C=O) groups is 1. The highest BCUT2D eigenvalue weighted by atomic mass is 16.5. The molecule has 3 atom stereocenters. The quantitative estimate of drug-likeness (QED) is 0.476. The van der Waals surface area contributed by atoms with Gasteiger partial charge < -0.3 is 9.30 Å². The Balaban J connectivity index is 1.63. The molecule has 0 spiro atoms. The van der Waals surface area contributed by atoms with Crippen molar-refractivity contribution in [3.8, 4) is 0 Å². The minimum absolute atomic E-state index is 0.0493. The summed E-state index contributed by atoms with van der Waals surface area (Å²) in [5, 5.41) is 0. The van der Waals surface area contributed by atoms with Gasteiger partial charge >= 0.3 is 5.97 Å². The fraction of sp³-hybridized carbons (Fsp3) is 0.577. The van der Waals surface area contributed by atoms with Gasteiger partial charge in [-0.25, -0.2) is 9.78 Å². The van der Waals surface area contributed by atoms with Crippen molar-refractivity contribution >= 4 is 17.0 Å². The second kappa shape index (κ2) is 10.4. The fourth-order valence-electron chi connectivity index (χ4n) is 5.39. The fourth-order valence-corrected chi connectivity index (χ4v) is 5.39. The first-order chi connectivity index (χ1) is 15.6. The highest BCUT2D eigenvalue weighted by Gasteiger charge is 2.32. The molecule has 6 nitrogen and oxygen atoms in total. The predicted octanol–water partition coefficient (Wildman–Crippen LogP) is 4.88. The first-order valence-corrected chi connectivity index (χ1v) is 12.2. The first-order valence-electron chi connectivity index (χ1n) is 12.2. The molecule has 172 valence electrons. The lowest BCUT2D eigenvalue weighted by Crippen LogP contribution is -2.40. The Morgan fingerprint density at radius 1 is 1.19 bits per heavy atom. The molecule has 1 saturated heterocycles. The standard InChI is InChI=1S/C26H35N3O3/c1-3-32-26(31)24-25(30)29(23-16-10-9-15-22(23)27-24)19(2)18-21-14-11-17-28(21)20-12-7-5-4-6-8-13-20/h7,9-10,12,15-16,19-21H,3-6,8,11,13-14,17-18H2,1-2H3/b12-7-/t19-,20?,21-/m0/s1. The minimum Gasteiger partial charge on any atom is -0.461 e. The van der Waals surface area contributed by atoms with Crippen molar-refractivity contribution in [2.45, 2.75) is 83.3 Å². The Kier molecular flexibility index (Phi) is 7.40. The molecule has 4 rings (SSSR count). The van der Waals surface area contributed by atoms with Gasteiger partial charge in [0.25, 0.3) is 5.56 Å². The zero-order valence-corrected chi connectivity index (χ0v) is 19.3. The minimum atomic E-state index is -0.647. The van der Waals surface area contributed by atoms with Gasteiger partial charge in [-0.15, -0.1) is 0 Å². The second-order valence-electron chi connectivity index (χ2n) is 9.10. The molecule has 1 aromatic heterocycles. The van der Waals surface area contributed by atoms with E-state index in [0.717, 1.165) is 24.9 Å². The van der Waals surface area contributed by atoms with Crippen molar-refractivity contribution in [3.05, 3.63) is 52.5 Å². The summed E-state index contributed by atoms with van der Waals surface area (Å²) >= 11 is 0. The maximum atomic E-state index is 13.4. The molecule has 0 amide bonds. The molecule has 2 heterocycles. The van der Waals surface area contributed by atoms with Gasteiger partial charge in [-0.1, -0.05) is 37.1 Å². The monoisotopic (exact) mass is 437 g/mol. The molecule has 2 aliphatic rings. The number of para-hydroxylation sites is 2. The van der Waals surface area contributed by atoms with Crippen molar-refractivity contribution in [2.24, 2.45) is 0 Å². The van der Waals surface area contributed by atoms with E-state index in [1.54, 1.807) is 11.5 Å². The van der Waals surface area contributed by atoms with Crippen LogP contribution in [-0.2, 0) is 4.74 Å². The van der Waals surface area contributed by atoms with E-state index < -0.39 is 5.97 Å². The molecule has 2 aromatic rings. The van der Waals surface area contributed by atoms with Crippen LogP contribution in [0.25, 0.3) is 11.0 Å². The van der Waals surface area contributed by atoms with Crippen molar-refractivity contribution < 1.29 is 9.53 Å². The number of aromatic nitrogens is 2. The summed E-state index contributed by atoms with van der Waals surface area (Å²) < 4.78 is 6.88. The Morgan fingerprint density at radius 3 is 2.88 bits per heavy atom. The van der Waals surface area contributed by atoms with Crippen molar-refractivity contribution in [1.82, 2.24) is 14.5 Å². The number of nitrogens with zero attached hydrogens (tertiary/aromatic N) is 3. The second-order valence-corrected chi connectivity index (χ2v) is 9.10. The number of benzene rings is 1. The number of carbonyl (C=O) groups excluding carboxylic acids is 1. The number of likely N-dealkylation sites (tertiary alicyclic amines) is 1. The molecule has 0 saturated carbocycles. The molecule has 6 heteroatoms. The Morgan fingerprint density at radius 2 is 2.03 bits per heavy atom. The van der Waals surface area contributed by atoms with E-state index in [0.29, 0.717) is 17.6 Å². The molecule has 0 bridgehead atoms. The number of rotatable bonds is 6. The summed E-state index contributed by atoms with van der Waals surface area (Å²) in [7, 11) is 0. The molecule has 1 unspecified atom stereocenters. The van der Waals surface area contributed by atoms with Crippen LogP contribution in [0.1, 0.15) is 81.7 Å². The number of hydrogen-bond donors (Lipinski definition) is 0. The lowest BCUT2D eigenvalue weighted by molar-refractivity contribution is 0.0516. The van der Waals surface area contributed by atoms with E-state index in [9.17, 15) is 9.59 Å². The molecule has 1 aliphatic heterocycles. The maximum Gasteiger partial charge on any atom is 0.362 e. The van der Waals surface area contributed by atoms with Gasteiger partial charge in [-0.3, -0.25) is 9.69 Å². The summed E-state index contributed by atoms with van der Waals surface area (Å²) in [5.74, 6) is -0.647. The van der Waals surface area contributed by atoms with Crippen LogP contribution in [0.3, 0.4) is 0 Å². The summed E-state index contributed by atoms with van der Waals surface area (Å²) in [6.45, 7) is 5.16. The van der Waals surface area contributed by atoms with Gasteiger partial charge in [0.1, 0.15) is 0 Å². The zero-order valence-electron chi connectivity index (χ0n) is 19.3. The summed E-state index contributed by atoms with van der Waals surface area (Å²) in [6.07, 6.45) is 14.3. The predicted molar refractivity (Wildman–Crippen MR) is 127 cm³/mol. The summed E-state index contributed by atoms with van der Waals surface area (Å²) in [6, 6.07) is 8.44.